The highest BCUT2D eigenvalue weighted by atomic mass is 16.6. The molecule has 0 bridgehead atoms. The topological polar surface area (TPSA) is 82.5 Å². The molecule has 1 aliphatic heterocycles. The average molecular weight is 315 g/mol. The number of nitrogens with one attached hydrogen (secondary N) is 1. The molecule has 0 spiro atoms. The predicted molar refractivity (Wildman–Crippen MR) is 83.9 cm³/mol. The molecule has 0 radical (unpaired) electrons. The van der Waals surface area contributed by atoms with Crippen molar-refractivity contribution in [3.8, 4) is 11.5 Å². The number of aromatic nitrogens is 2. The van der Waals surface area contributed by atoms with Gasteiger partial charge in [0.1, 0.15) is 19.8 Å². The molecule has 7 nitrogen and oxygen atoms in total. The summed E-state index contributed by atoms with van der Waals surface area (Å²) in [5.74, 6) is 0.944. The Morgan fingerprint density at radius 3 is 2.78 bits per heavy atom. The monoisotopic (exact) mass is 315 g/mol. The number of amides is 1. The summed E-state index contributed by atoms with van der Waals surface area (Å²) >= 11 is 0. The number of hydrogen-bond acceptors (Lipinski definition) is 5. The molecule has 0 aliphatic carbocycles. The van der Waals surface area contributed by atoms with Gasteiger partial charge in [0.25, 0.3) is 5.56 Å². The van der Waals surface area contributed by atoms with Crippen LogP contribution in [-0.4, -0.2) is 28.7 Å². The van der Waals surface area contributed by atoms with Gasteiger partial charge >= 0.3 is 0 Å². The fourth-order valence-electron chi connectivity index (χ4n) is 2.25. The zero-order valence-electron chi connectivity index (χ0n) is 12.7. The molecule has 1 aromatic heterocycles. The average Bonchev–Trinajstić information content (AvgIpc) is 2.56. The first-order valence-corrected chi connectivity index (χ1v) is 7.40. The zero-order valence-corrected chi connectivity index (χ0v) is 12.7. The van der Waals surface area contributed by atoms with Gasteiger partial charge in [-0.15, -0.1) is 0 Å². The molecule has 1 aliphatic rings. The minimum absolute atomic E-state index is 0.0930. The van der Waals surface area contributed by atoms with Gasteiger partial charge in [0.05, 0.1) is 6.33 Å². The van der Waals surface area contributed by atoms with Gasteiger partial charge in [-0.3, -0.25) is 14.2 Å². The standard InChI is InChI=1S/C16H17N3O4/c1-2-11-8-16(21)19(10-17-11)9-15(20)18-12-3-4-13-14(7-12)23-6-5-22-13/h3-4,7-8,10H,2,5-6,9H2,1H3,(H,18,20). The maximum absolute atomic E-state index is 12.1. The van der Waals surface area contributed by atoms with Crippen molar-refractivity contribution in [2.24, 2.45) is 0 Å². The summed E-state index contributed by atoms with van der Waals surface area (Å²) < 4.78 is 12.2. The molecule has 1 N–H and O–H groups in total. The van der Waals surface area contributed by atoms with Crippen LogP contribution >= 0.6 is 0 Å². The van der Waals surface area contributed by atoms with Gasteiger partial charge in [0.2, 0.25) is 5.91 Å². The lowest BCUT2D eigenvalue weighted by Gasteiger charge is -2.19. The van der Waals surface area contributed by atoms with Gasteiger partial charge < -0.3 is 14.8 Å². The lowest BCUT2D eigenvalue weighted by Crippen LogP contribution is -2.27. The van der Waals surface area contributed by atoms with Gasteiger partial charge in [-0.1, -0.05) is 6.92 Å². The summed E-state index contributed by atoms with van der Waals surface area (Å²) in [5, 5.41) is 2.73. The minimum Gasteiger partial charge on any atom is -0.486 e. The van der Waals surface area contributed by atoms with Gasteiger partial charge in [-0.25, -0.2) is 4.98 Å². The molecule has 2 aromatic rings. The highest BCUT2D eigenvalue weighted by Crippen LogP contribution is 2.32. The summed E-state index contributed by atoms with van der Waals surface area (Å²) in [5.41, 5.74) is 1.05. The number of ether oxygens (including phenoxy) is 2. The van der Waals surface area contributed by atoms with E-state index in [0.717, 1.165) is 0 Å². The van der Waals surface area contributed by atoms with Crippen molar-refractivity contribution in [1.82, 2.24) is 9.55 Å². The molecule has 7 heteroatoms. The zero-order chi connectivity index (χ0) is 16.2. The highest BCUT2D eigenvalue weighted by Gasteiger charge is 2.13. The molecule has 0 unspecified atom stereocenters. The molecule has 23 heavy (non-hydrogen) atoms. The van der Waals surface area contributed by atoms with E-state index < -0.39 is 0 Å². The predicted octanol–water partition coefficient (Wildman–Crippen LogP) is 1.22. The Morgan fingerprint density at radius 2 is 2.04 bits per heavy atom. The Labute approximate surface area is 132 Å². The van der Waals surface area contributed by atoms with Crippen molar-refractivity contribution >= 4 is 11.6 Å². The van der Waals surface area contributed by atoms with Gasteiger partial charge in [0.15, 0.2) is 11.5 Å². The summed E-state index contributed by atoms with van der Waals surface area (Å²) in [6, 6.07) is 6.62. The van der Waals surface area contributed by atoms with Crippen molar-refractivity contribution in [1.29, 1.82) is 0 Å². The molecule has 0 saturated carbocycles. The second kappa shape index (κ2) is 6.51. The third-order valence-electron chi connectivity index (χ3n) is 3.44. The number of aryl methyl sites for hydroxylation is 1. The minimum atomic E-state index is -0.310. The Morgan fingerprint density at radius 1 is 1.26 bits per heavy atom. The number of rotatable bonds is 4. The van der Waals surface area contributed by atoms with Crippen LogP contribution in [0.25, 0.3) is 0 Å². The fourth-order valence-corrected chi connectivity index (χ4v) is 2.25. The molecule has 1 amide bonds. The van der Waals surface area contributed by atoms with E-state index in [2.05, 4.69) is 10.3 Å². The van der Waals surface area contributed by atoms with E-state index in [1.54, 1.807) is 18.2 Å². The van der Waals surface area contributed by atoms with Crippen LogP contribution in [0.4, 0.5) is 5.69 Å². The van der Waals surface area contributed by atoms with Crippen LogP contribution in [0.15, 0.2) is 35.4 Å². The molecule has 3 rings (SSSR count). The van der Waals surface area contributed by atoms with E-state index in [-0.39, 0.29) is 18.0 Å². The molecular formula is C16H17N3O4. The molecule has 120 valence electrons. The first-order chi connectivity index (χ1) is 11.2. The van der Waals surface area contributed by atoms with E-state index in [1.807, 2.05) is 6.92 Å². The summed E-state index contributed by atoms with van der Waals surface area (Å²) in [4.78, 5) is 28.1. The van der Waals surface area contributed by atoms with Crippen molar-refractivity contribution in [2.45, 2.75) is 19.9 Å². The Balaban J connectivity index is 1.69. The summed E-state index contributed by atoms with van der Waals surface area (Å²) in [6.45, 7) is 2.82. The third-order valence-corrected chi connectivity index (χ3v) is 3.44. The van der Waals surface area contributed by atoms with Crippen LogP contribution in [0.2, 0.25) is 0 Å². The number of carbonyl (C=O) groups excluding carboxylic acids is 1. The molecule has 0 saturated heterocycles. The Hall–Kier alpha value is -2.83. The lowest BCUT2D eigenvalue weighted by atomic mass is 10.2. The van der Waals surface area contributed by atoms with Crippen molar-refractivity contribution in [2.75, 3.05) is 18.5 Å². The highest BCUT2D eigenvalue weighted by molar-refractivity contribution is 5.90. The van der Waals surface area contributed by atoms with Crippen molar-refractivity contribution in [3.63, 3.8) is 0 Å². The quantitative estimate of drug-likeness (QED) is 0.917. The first kappa shape index (κ1) is 15.1. The molecule has 0 fully saturated rings. The largest absolute Gasteiger partial charge is 0.486 e. The van der Waals surface area contributed by atoms with Gasteiger partial charge in [-0.05, 0) is 18.6 Å². The van der Waals surface area contributed by atoms with Crippen LogP contribution < -0.4 is 20.3 Å². The van der Waals surface area contributed by atoms with Crippen LogP contribution in [-0.2, 0) is 17.8 Å². The normalized spacial score (nSPS) is 12.7. The van der Waals surface area contributed by atoms with E-state index in [9.17, 15) is 9.59 Å². The van der Waals surface area contributed by atoms with Crippen LogP contribution in [0.1, 0.15) is 12.6 Å². The lowest BCUT2D eigenvalue weighted by molar-refractivity contribution is -0.116. The van der Waals surface area contributed by atoms with E-state index in [1.165, 1.54) is 17.0 Å². The Kier molecular flexibility index (Phi) is 4.27. The third kappa shape index (κ3) is 3.50. The summed E-state index contributed by atoms with van der Waals surface area (Å²) in [7, 11) is 0. The Bertz CT molecular complexity index is 785. The molecular weight excluding hydrogens is 298 g/mol. The van der Waals surface area contributed by atoms with Crippen LogP contribution in [0.3, 0.4) is 0 Å². The van der Waals surface area contributed by atoms with Crippen LogP contribution in [0.5, 0.6) is 11.5 Å². The van der Waals surface area contributed by atoms with Gasteiger partial charge in [-0.2, -0.15) is 0 Å². The number of fused-ring (bicyclic) bond motifs is 1. The van der Waals surface area contributed by atoms with Crippen LogP contribution in [0, 0.1) is 0 Å². The fraction of sp³-hybridized carbons (Fsp3) is 0.312. The number of hydrogen-bond donors (Lipinski definition) is 1. The SMILES string of the molecule is CCc1cc(=O)n(CC(=O)Nc2ccc3c(c2)OCCO3)cn1. The maximum atomic E-state index is 12.1. The van der Waals surface area contributed by atoms with Gasteiger partial charge in [0, 0.05) is 23.5 Å². The first-order valence-electron chi connectivity index (χ1n) is 7.40. The smallest absolute Gasteiger partial charge is 0.253 e. The number of nitrogens with zero attached hydrogens (tertiary/aromatic N) is 2. The summed E-state index contributed by atoms with van der Waals surface area (Å²) in [6.07, 6.45) is 2.07. The van der Waals surface area contributed by atoms with E-state index >= 15 is 0 Å². The number of anilines is 1. The molecule has 0 atom stereocenters. The number of benzene rings is 1. The maximum Gasteiger partial charge on any atom is 0.253 e. The molecule has 2 heterocycles. The van der Waals surface area contributed by atoms with Crippen molar-refractivity contribution < 1.29 is 14.3 Å². The molecule has 1 aromatic carbocycles. The second-order valence-electron chi connectivity index (χ2n) is 5.11. The van der Waals surface area contributed by atoms with E-state index in [4.69, 9.17) is 9.47 Å². The number of carbonyl (C=O) groups is 1. The van der Waals surface area contributed by atoms with Crippen molar-refractivity contribution in [3.05, 3.63) is 46.6 Å². The van der Waals surface area contributed by atoms with E-state index in [0.29, 0.717) is 42.5 Å². The second-order valence-corrected chi connectivity index (χ2v) is 5.11.